The summed E-state index contributed by atoms with van der Waals surface area (Å²) in [6, 6.07) is -1.02. The Morgan fingerprint density at radius 2 is 2.25 bits per heavy atom. The molecule has 2 unspecified atom stereocenters. The van der Waals surface area contributed by atoms with Crippen LogP contribution in [0.1, 0.15) is 5.69 Å². The Morgan fingerprint density at radius 3 is 2.81 bits per heavy atom. The van der Waals surface area contributed by atoms with Gasteiger partial charge in [-0.2, -0.15) is 0 Å². The first-order valence-corrected chi connectivity index (χ1v) is 11.0. The maximum atomic E-state index is 12.8. The summed E-state index contributed by atoms with van der Waals surface area (Å²) >= 11 is 2.06. The predicted molar refractivity (Wildman–Crippen MR) is 114 cm³/mol. The summed E-state index contributed by atoms with van der Waals surface area (Å²) in [4.78, 5) is 59.3. The van der Waals surface area contributed by atoms with Crippen LogP contribution >= 0.6 is 23.1 Å². The molecule has 16 heteroatoms. The molecule has 0 spiro atoms. The first kappa shape index (κ1) is 23.7. The summed E-state index contributed by atoms with van der Waals surface area (Å²) < 4.78 is 0. The topological polar surface area (TPSA) is 200 Å². The monoisotopic (exact) mass is 487 g/mol. The number of carbonyl (C=O) groups is 4. The van der Waals surface area contributed by atoms with E-state index in [1.54, 1.807) is 4.90 Å². The lowest BCUT2D eigenvalue weighted by atomic mass is 10.1. The number of nitrogens with zero attached hydrogens (tertiary/aromatic N) is 4. The Hall–Kier alpha value is -2.95. The number of oxime groups is 1. The Morgan fingerprint density at radius 1 is 1.50 bits per heavy atom. The molecule has 2 fully saturated rings. The Labute approximate surface area is 189 Å². The number of likely N-dealkylation sites (N-methyl/N-ethyl adjacent to an activating group) is 1. The minimum Gasteiger partial charge on any atom is -0.479 e. The molecule has 174 valence electrons. The van der Waals surface area contributed by atoms with Crippen molar-refractivity contribution in [3.8, 4) is 0 Å². The number of carboxylic acid groups (broad SMARTS) is 2. The number of carboxylic acids is 2. The SMILES string of the molecule is CN1C(=O)C(NC(=O)/C(=N\OCC(=O)O)c2csc(N)n2)[C@H]1SC(C(=O)O)N1CCNC1. The first-order valence-electron chi connectivity index (χ1n) is 9.22. The smallest absolute Gasteiger partial charge is 0.344 e. The molecule has 0 bridgehead atoms. The van der Waals surface area contributed by atoms with Crippen LogP contribution in [0.4, 0.5) is 5.13 Å². The van der Waals surface area contributed by atoms with E-state index in [2.05, 4.69) is 25.6 Å². The molecule has 2 amide bonds. The molecule has 3 heterocycles. The molecule has 32 heavy (non-hydrogen) atoms. The molecule has 1 aromatic rings. The van der Waals surface area contributed by atoms with Crippen LogP contribution in [0.25, 0.3) is 0 Å². The zero-order chi connectivity index (χ0) is 23.4. The number of hydrogen-bond acceptors (Lipinski definition) is 12. The number of amides is 2. The number of β-lactam (4-membered cyclic amide) rings is 1. The summed E-state index contributed by atoms with van der Waals surface area (Å²) in [6.45, 7) is 0.795. The van der Waals surface area contributed by atoms with Crippen molar-refractivity contribution in [1.82, 2.24) is 25.4 Å². The third-order valence-electron chi connectivity index (χ3n) is 4.59. The fourth-order valence-corrected chi connectivity index (χ4v) is 4.94. The summed E-state index contributed by atoms with van der Waals surface area (Å²) in [5, 5.41) is 27.5. The summed E-state index contributed by atoms with van der Waals surface area (Å²) in [7, 11) is 1.51. The maximum Gasteiger partial charge on any atom is 0.344 e. The number of thiazole rings is 1. The van der Waals surface area contributed by atoms with Gasteiger partial charge in [-0.25, -0.2) is 14.6 Å². The standard InChI is InChI=1S/C16H21N7O7S2/c1-22-12(27)10(13(22)32-14(15(28)29)23-3-2-18-6-23)20-11(26)9(21-30-4-8(24)25)7-5-31-16(17)19-7/h5,10,13-14,18H,2-4,6H2,1H3,(H2,17,19)(H,20,26)(H,24,25)(H,28,29)/b21-9-/t10?,13-,14?/m1/s1. The van der Waals surface area contributed by atoms with E-state index in [-0.39, 0.29) is 16.5 Å². The van der Waals surface area contributed by atoms with E-state index < -0.39 is 47.1 Å². The fraction of sp³-hybridized carbons (Fsp3) is 0.500. The number of carbonyl (C=O) groups excluding carboxylic acids is 2. The second-order valence-corrected chi connectivity index (χ2v) is 8.86. The number of anilines is 1. The van der Waals surface area contributed by atoms with Crippen molar-refractivity contribution in [3.63, 3.8) is 0 Å². The largest absolute Gasteiger partial charge is 0.479 e. The minimum atomic E-state index is -1.30. The molecule has 0 aliphatic carbocycles. The molecule has 0 saturated carbocycles. The van der Waals surface area contributed by atoms with Crippen molar-refractivity contribution in [2.75, 3.05) is 39.1 Å². The van der Waals surface area contributed by atoms with E-state index >= 15 is 0 Å². The van der Waals surface area contributed by atoms with Crippen molar-refractivity contribution >= 4 is 57.7 Å². The summed E-state index contributed by atoms with van der Waals surface area (Å²) in [5.74, 6) is -3.61. The number of thioether (sulfide) groups is 1. The molecule has 14 nitrogen and oxygen atoms in total. The Kier molecular flexibility index (Phi) is 7.49. The number of nitrogen functional groups attached to an aromatic ring is 1. The zero-order valence-corrected chi connectivity index (χ0v) is 18.4. The maximum absolute atomic E-state index is 12.8. The first-order chi connectivity index (χ1) is 15.2. The number of likely N-dealkylation sites (tertiary alicyclic amines) is 1. The van der Waals surface area contributed by atoms with E-state index in [0.717, 1.165) is 23.1 Å². The lowest BCUT2D eigenvalue weighted by Crippen LogP contribution is -2.69. The van der Waals surface area contributed by atoms with E-state index in [0.29, 0.717) is 19.8 Å². The Balaban J connectivity index is 1.74. The van der Waals surface area contributed by atoms with Crippen molar-refractivity contribution in [2.24, 2.45) is 5.16 Å². The lowest BCUT2D eigenvalue weighted by Gasteiger charge is -2.45. The van der Waals surface area contributed by atoms with Crippen LogP contribution in [0.2, 0.25) is 0 Å². The van der Waals surface area contributed by atoms with Crippen molar-refractivity contribution < 1.29 is 34.2 Å². The van der Waals surface area contributed by atoms with E-state index in [1.165, 1.54) is 17.3 Å². The van der Waals surface area contributed by atoms with Gasteiger partial charge in [0.25, 0.3) is 5.91 Å². The van der Waals surface area contributed by atoms with E-state index in [4.69, 9.17) is 10.8 Å². The molecule has 0 aromatic carbocycles. The van der Waals surface area contributed by atoms with Crippen LogP contribution in [0.15, 0.2) is 10.5 Å². The van der Waals surface area contributed by atoms with Crippen LogP contribution < -0.4 is 16.4 Å². The fourth-order valence-electron chi connectivity index (χ4n) is 3.03. The zero-order valence-electron chi connectivity index (χ0n) is 16.8. The van der Waals surface area contributed by atoms with Gasteiger partial charge in [0, 0.05) is 32.2 Å². The van der Waals surface area contributed by atoms with Gasteiger partial charge in [-0.15, -0.1) is 23.1 Å². The average Bonchev–Trinajstić information content (AvgIpc) is 3.41. The lowest BCUT2D eigenvalue weighted by molar-refractivity contribution is -0.146. The molecule has 2 aliphatic rings. The van der Waals surface area contributed by atoms with Crippen LogP contribution in [0, 0.1) is 0 Å². The van der Waals surface area contributed by atoms with Crippen LogP contribution in [-0.4, -0.2) is 105 Å². The molecule has 3 atom stereocenters. The molecule has 2 saturated heterocycles. The predicted octanol–water partition coefficient (Wildman–Crippen LogP) is -2.18. The van der Waals surface area contributed by atoms with E-state index in [1.807, 2.05) is 0 Å². The van der Waals surface area contributed by atoms with Gasteiger partial charge in [0.05, 0.1) is 0 Å². The van der Waals surface area contributed by atoms with Gasteiger partial charge < -0.3 is 36.3 Å². The third kappa shape index (κ3) is 5.26. The van der Waals surface area contributed by atoms with Gasteiger partial charge in [-0.1, -0.05) is 5.16 Å². The minimum absolute atomic E-state index is 0.0475. The number of rotatable bonds is 10. The van der Waals surface area contributed by atoms with Crippen LogP contribution in [0.5, 0.6) is 0 Å². The van der Waals surface area contributed by atoms with Crippen molar-refractivity contribution in [2.45, 2.75) is 16.8 Å². The highest BCUT2D eigenvalue weighted by Crippen LogP contribution is 2.33. The number of nitrogens with one attached hydrogen (secondary N) is 2. The van der Waals surface area contributed by atoms with Crippen LogP contribution in [-0.2, 0) is 24.0 Å². The normalized spacial score (nSPS) is 22.3. The third-order valence-corrected chi connectivity index (χ3v) is 6.89. The molecular formula is C16H21N7O7S2. The van der Waals surface area contributed by atoms with Crippen molar-refractivity contribution in [1.29, 1.82) is 0 Å². The molecular weight excluding hydrogens is 466 g/mol. The Bertz CT molecular complexity index is 934. The van der Waals surface area contributed by atoms with Crippen LogP contribution in [0.3, 0.4) is 0 Å². The highest BCUT2D eigenvalue weighted by atomic mass is 32.2. The quantitative estimate of drug-likeness (QED) is 0.136. The van der Waals surface area contributed by atoms with Gasteiger partial charge in [0.1, 0.15) is 17.1 Å². The number of aliphatic carboxylic acids is 2. The number of hydrogen-bond donors (Lipinski definition) is 5. The number of nitrogens with two attached hydrogens (primary N) is 1. The molecule has 6 N–H and O–H groups in total. The highest BCUT2D eigenvalue weighted by molar-refractivity contribution is 8.01. The van der Waals surface area contributed by atoms with Crippen molar-refractivity contribution in [3.05, 3.63) is 11.1 Å². The van der Waals surface area contributed by atoms with Gasteiger partial charge in [0.15, 0.2) is 16.2 Å². The summed E-state index contributed by atoms with van der Waals surface area (Å²) in [5.41, 5.74) is 5.28. The second kappa shape index (κ2) is 10.1. The van der Waals surface area contributed by atoms with E-state index in [9.17, 15) is 24.3 Å². The molecule has 2 aliphatic heterocycles. The second-order valence-electron chi connectivity index (χ2n) is 6.77. The van der Waals surface area contributed by atoms with Gasteiger partial charge in [-0.3, -0.25) is 14.5 Å². The number of aromatic nitrogens is 1. The summed E-state index contributed by atoms with van der Waals surface area (Å²) in [6.07, 6.45) is 0. The average molecular weight is 488 g/mol. The highest BCUT2D eigenvalue weighted by Gasteiger charge is 2.49. The molecule has 1 aromatic heterocycles. The van der Waals surface area contributed by atoms with Gasteiger partial charge in [0.2, 0.25) is 12.5 Å². The van der Waals surface area contributed by atoms with Gasteiger partial charge in [-0.05, 0) is 0 Å². The van der Waals surface area contributed by atoms with Gasteiger partial charge >= 0.3 is 11.9 Å². The molecule has 3 rings (SSSR count). The molecule has 0 radical (unpaired) electrons.